The number of methoxy groups -OCH3 is 1. The maximum Gasteiger partial charge on any atom is 0.266 e. The van der Waals surface area contributed by atoms with E-state index < -0.39 is 5.91 Å². The summed E-state index contributed by atoms with van der Waals surface area (Å²) in [6.07, 6.45) is 1.49. The van der Waals surface area contributed by atoms with Crippen molar-refractivity contribution in [3.63, 3.8) is 0 Å². The Bertz CT molecular complexity index is 972. The molecule has 0 atom stereocenters. The standard InChI is InChI=1S/C23H23N3O5/c1-29-20-8-4-19(5-9-20)25-23(28)18(15-24)14-17-2-6-21(7-3-17)31-16-22(27)26-10-12-30-13-11-26/h2-9,14H,10-13,16H2,1H3,(H,25,28)/b18-14-. The fraction of sp³-hybridized carbons (Fsp3) is 0.261. The summed E-state index contributed by atoms with van der Waals surface area (Å²) >= 11 is 0. The molecule has 160 valence electrons. The lowest BCUT2D eigenvalue weighted by atomic mass is 10.1. The van der Waals surface area contributed by atoms with Crippen LogP contribution in [0.4, 0.5) is 5.69 Å². The summed E-state index contributed by atoms with van der Waals surface area (Å²) in [5, 5.41) is 12.0. The topological polar surface area (TPSA) is 101 Å². The molecule has 1 heterocycles. The third-order valence-corrected chi connectivity index (χ3v) is 4.63. The van der Waals surface area contributed by atoms with Crippen LogP contribution in [-0.4, -0.2) is 56.7 Å². The number of benzene rings is 2. The van der Waals surface area contributed by atoms with E-state index in [0.29, 0.717) is 49.1 Å². The number of carbonyl (C=O) groups is 2. The largest absolute Gasteiger partial charge is 0.497 e. The molecular weight excluding hydrogens is 398 g/mol. The van der Waals surface area contributed by atoms with Gasteiger partial charge in [-0.05, 0) is 48.0 Å². The van der Waals surface area contributed by atoms with Gasteiger partial charge in [0.25, 0.3) is 11.8 Å². The van der Waals surface area contributed by atoms with Crippen LogP contribution in [0.25, 0.3) is 6.08 Å². The molecule has 1 aliphatic rings. The van der Waals surface area contributed by atoms with E-state index in [4.69, 9.17) is 14.2 Å². The monoisotopic (exact) mass is 421 g/mol. The molecule has 2 aromatic carbocycles. The first-order chi connectivity index (χ1) is 15.1. The van der Waals surface area contributed by atoms with Crippen LogP contribution in [0.5, 0.6) is 11.5 Å². The molecule has 0 bridgehead atoms. The molecule has 1 N–H and O–H groups in total. The van der Waals surface area contributed by atoms with Gasteiger partial charge in [0.05, 0.1) is 20.3 Å². The lowest BCUT2D eigenvalue weighted by Crippen LogP contribution is -2.42. The second-order valence-electron chi connectivity index (χ2n) is 6.70. The molecule has 0 aromatic heterocycles. The molecule has 0 saturated carbocycles. The zero-order chi connectivity index (χ0) is 22.1. The Morgan fingerprint density at radius 3 is 2.35 bits per heavy atom. The molecule has 8 heteroatoms. The number of hydrogen-bond donors (Lipinski definition) is 1. The SMILES string of the molecule is COc1ccc(NC(=O)/C(C#N)=C\c2ccc(OCC(=O)N3CCOCC3)cc2)cc1. The Morgan fingerprint density at radius 1 is 1.10 bits per heavy atom. The van der Waals surface area contributed by atoms with Crippen LogP contribution in [0.2, 0.25) is 0 Å². The van der Waals surface area contributed by atoms with Crippen LogP contribution in [-0.2, 0) is 14.3 Å². The van der Waals surface area contributed by atoms with Crippen LogP contribution in [0, 0.1) is 11.3 Å². The molecule has 1 fully saturated rings. The molecule has 3 rings (SSSR count). The average molecular weight is 421 g/mol. The van der Waals surface area contributed by atoms with Crippen LogP contribution < -0.4 is 14.8 Å². The Hall–Kier alpha value is -3.83. The first-order valence-corrected chi connectivity index (χ1v) is 9.74. The predicted octanol–water partition coefficient (Wildman–Crippen LogP) is 2.48. The van der Waals surface area contributed by atoms with Crippen LogP contribution in [0.1, 0.15) is 5.56 Å². The van der Waals surface area contributed by atoms with Crippen molar-refractivity contribution in [1.82, 2.24) is 4.90 Å². The highest BCUT2D eigenvalue weighted by Gasteiger charge is 2.17. The van der Waals surface area contributed by atoms with E-state index in [1.165, 1.54) is 6.08 Å². The number of nitrogens with one attached hydrogen (secondary N) is 1. The fourth-order valence-electron chi connectivity index (χ4n) is 2.90. The van der Waals surface area contributed by atoms with Crippen molar-refractivity contribution in [2.24, 2.45) is 0 Å². The van der Waals surface area contributed by atoms with Crippen LogP contribution in [0.15, 0.2) is 54.1 Å². The summed E-state index contributed by atoms with van der Waals surface area (Å²) < 4.78 is 15.9. The Morgan fingerprint density at radius 2 is 1.74 bits per heavy atom. The molecule has 0 spiro atoms. The number of anilines is 1. The molecule has 0 unspecified atom stereocenters. The zero-order valence-electron chi connectivity index (χ0n) is 17.2. The van der Waals surface area contributed by atoms with Gasteiger partial charge in [-0.25, -0.2) is 0 Å². The highest BCUT2D eigenvalue weighted by molar-refractivity contribution is 6.09. The number of hydrogen-bond acceptors (Lipinski definition) is 6. The van der Waals surface area contributed by atoms with E-state index in [9.17, 15) is 14.9 Å². The minimum atomic E-state index is -0.510. The smallest absolute Gasteiger partial charge is 0.266 e. The van der Waals surface area contributed by atoms with Gasteiger partial charge in [-0.15, -0.1) is 0 Å². The second kappa shape index (κ2) is 10.8. The van der Waals surface area contributed by atoms with Gasteiger partial charge in [0.1, 0.15) is 23.1 Å². The van der Waals surface area contributed by atoms with E-state index >= 15 is 0 Å². The lowest BCUT2D eigenvalue weighted by Gasteiger charge is -2.26. The molecule has 1 saturated heterocycles. The molecule has 8 nitrogen and oxygen atoms in total. The predicted molar refractivity (Wildman–Crippen MR) is 115 cm³/mol. The highest BCUT2D eigenvalue weighted by Crippen LogP contribution is 2.18. The molecule has 2 aromatic rings. The van der Waals surface area contributed by atoms with Crippen LogP contribution >= 0.6 is 0 Å². The summed E-state index contributed by atoms with van der Waals surface area (Å²) in [5.74, 6) is 0.598. The quantitative estimate of drug-likeness (QED) is 0.545. The third-order valence-electron chi connectivity index (χ3n) is 4.63. The summed E-state index contributed by atoms with van der Waals surface area (Å²) in [7, 11) is 1.56. The average Bonchev–Trinajstić information content (AvgIpc) is 2.82. The van der Waals surface area contributed by atoms with Gasteiger partial charge in [-0.1, -0.05) is 12.1 Å². The molecule has 0 radical (unpaired) electrons. The van der Waals surface area contributed by atoms with Gasteiger partial charge in [0.2, 0.25) is 0 Å². The van der Waals surface area contributed by atoms with Crippen molar-refractivity contribution in [3.05, 3.63) is 59.7 Å². The Balaban J connectivity index is 1.57. The van der Waals surface area contributed by atoms with Crippen molar-refractivity contribution in [2.45, 2.75) is 0 Å². The van der Waals surface area contributed by atoms with Gasteiger partial charge in [0.15, 0.2) is 6.61 Å². The maximum absolute atomic E-state index is 12.4. The van der Waals surface area contributed by atoms with Crippen molar-refractivity contribution >= 4 is 23.6 Å². The number of morpholine rings is 1. The molecule has 0 aliphatic carbocycles. The van der Waals surface area contributed by atoms with Gasteiger partial charge >= 0.3 is 0 Å². The number of ether oxygens (including phenoxy) is 3. The Kier molecular flexibility index (Phi) is 7.62. The first kappa shape index (κ1) is 21.9. The molecular formula is C23H23N3O5. The van der Waals surface area contributed by atoms with Gasteiger partial charge in [-0.3, -0.25) is 9.59 Å². The minimum absolute atomic E-state index is 0.0352. The summed E-state index contributed by atoms with van der Waals surface area (Å²) in [6, 6.07) is 15.5. The van der Waals surface area contributed by atoms with Crippen LogP contribution in [0.3, 0.4) is 0 Å². The number of amides is 2. The summed E-state index contributed by atoms with van der Waals surface area (Å²) in [4.78, 5) is 26.2. The minimum Gasteiger partial charge on any atom is -0.497 e. The fourth-order valence-corrected chi connectivity index (χ4v) is 2.90. The highest BCUT2D eigenvalue weighted by atomic mass is 16.5. The van der Waals surface area contributed by atoms with E-state index in [2.05, 4.69) is 5.32 Å². The van der Waals surface area contributed by atoms with E-state index in [1.54, 1.807) is 60.5 Å². The molecule has 2 amide bonds. The number of nitriles is 1. The van der Waals surface area contributed by atoms with Gasteiger partial charge in [0, 0.05) is 18.8 Å². The lowest BCUT2D eigenvalue weighted by molar-refractivity contribution is -0.137. The van der Waals surface area contributed by atoms with E-state index in [1.807, 2.05) is 6.07 Å². The number of rotatable bonds is 7. The van der Waals surface area contributed by atoms with Crippen molar-refractivity contribution in [1.29, 1.82) is 5.26 Å². The van der Waals surface area contributed by atoms with Crippen molar-refractivity contribution in [3.8, 4) is 17.6 Å². The van der Waals surface area contributed by atoms with E-state index in [0.717, 1.165) is 0 Å². The number of carbonyl (C=O) groups excluding carboxylic acids is 2. The maximum atomic E-state index is 12.4. The third kappa shape index (κ3) is 6.32. The zero-order valence-corrected chi connectivity index (χ0v) is 17.2. The second-order valence-corrected chi connectivity index (χ2v) is 6.70. The Labute approximate surface area is 180 Å². The van der Waals surface area contributed by atoms with E-state index in [-0.39, 0.29) is 18.1 Å². The summed E-state index contributed by atoms with van der Waals surface area (Å²) in [5.41, 5.74) is 1.18. The van der Waals surface area contributed by atoms with Crippen molar-refractivity contribution in [2.75, 3.05) is 45.3 Å². The normalized spacial score (nSPS) is 13.8. The number of nitrogens with zero attached hydrogens (tertiary/aromatic N) is 2. The van der Waals surface area contributed by atoms with Crippen molar-refractivity contribution < 1.29 is 23.8 Å². The molecule has 31 heavy (non-hydrogen) atoms. The first-order valence-electron chi connectivity index (χ1n) is 9.74. The summed E-state index contributed by atoms with van der Waals surface area (Å²) in [6.45, 7) is 2.17. The molecule has 1 aliphatic heterocycles. The van der Waals surface area contributed by atoms with Gasteiger partial charge in [-0.2, -0.15) is 5.26 Å². The van der Waals surface area contributed by atoms with Gasteiger partial charge < -0.3 is 24.4 Å².